The molecular weight excluding hydrogens is 356 g/mol. The zero-order valence-electron chi connectivity index (χ0n) is 15.6. The van der Waals surface area contributed by atoms with Gasteiger partial charge in [-0.1, -0.05) is 0 Å². The second-order valence-corrected chi connectivity index (χ2v) is 11.7. The van der Waals surface area contributed by atoms with Crippen molar-refractivity contribution in [3.05, 3.63) is 0 Å². The van der Waals surface area contributed by atoms with Crippen LogP contribution in [0.2, 0.25) is 0 Å². The molecule has 2 heterocycles. The fourth-order valence-electron chi connectivity index (χ4n) is 4.75. The first-order valence-corrected chi connectivity index (χ1v) is 12.8. The summed E-state index contributed by atoms with van der Waals surface area (Å²) in [5, 5.41) is 8.17. The largest absolute Gasteiger partial charge is 0.380 e. The van der Waals surface area contributed by atoms with E-state index in [0.29, 0.717) is 18.1 Å². The Bertz CT molecular complexity index is 514. The molecular formula is C18H34N2O3S2. The van der Waals surface area contributed by atoms with Gasteiger partial charge in [-0.25, -0.2) is 8.42 Å². The summed E-state index contributed by atoms with van der Waals surface area (Å²) in [6.07, 6.45) is 10.4. The smallest absolute Gasteiger partial charge is 0.150 e. The molecule has 7 heteroatoms. The predicted octanol–water partition coefficient (Wildman–Crippen LogP) is 2.17. The zero-order valence-corrected chi connectivity index (χ0v) is 17.2. The van der Waals surface area contributed by atoms with Gasteiger partial charge in [0.15, 0.2) is 0 Å². The molecule has 0 aromatic carbocycles. The molecule has 4 atom stereocenters. The minimum Gasteiger partial charge on any atom is -0.380 e. The number of nitrogens with one attached hydrogen (secondary N) is 2. The Balaban J connectivity index is 1.52. The average molecular weight is 391 g/mol. The topological polar surface area (TPSA) is 67.4 Å². The lowest BCUT2D eigenvalue weighted by atomic mass is 9.79. The van der Waals surface area contributed by atoms with Crippen LogP contribution in [0.25, 0.3) is 0 Å². The highest BCUT2D eigenvalue weighted by molar-refractivity contribution is 8.00. The molecule has 1 aliphatic carbocycles. The van der Waals surface area contributed by atoms with Crippen LogP contribution in [0, 0.1) is 5.92 Å². The summed E-state index contributed by atoms with van der Waals surface area (Å²) in [6.45, 7) is 1.09. The second kappa shape index (κ2) is 8.91. The van der Waals surface area contributed by atoms with Gasteiger partial charge in [0.1, 0.15) is 9.84 Å². The summed E-state index contributed by atoms with van der Waals surface area (Å²) in [7, 11) is -1.08. The highest BCUT2D eigenvalue weighted by Gasteiger charge is 2.38. The minimum atomic E-state index is -2.89. The normalized spacial score (nSPS) is 40.2. The third kappa shape index (κ3) is 5.34. The van der Waals surface area contributed by atoms with Crippen molar-refractivity contribution in [2.24, 2.45) is 5.92 Å². The van der Waals surface area contributed by atoms with Crippen LogP contribution in [0.3, 0.4) is 0 Å². The Kier molecular flexibility index (Phi) is 7.10. The molecule has 0 radical (unpaired) electrons. The van der Waals surface area contributed by atoms with Gasteiger partial charge in [-0.15, -0.1) is 0 Å². The number of methoxy groups -OCH3 is 1. The summed E-state index contributed by atoms with van der Waals surface area (Å²) in [4.78, 5) is 0. The van der Waals surface area contributed by atoms with Gasteiger partial charge in [0.2, 0.25) is 0 Å². The van der Waals surface area contributed by atoms with Crippen molar-refractivity contribution in [2.45, 2.75) is 80.2 Å². The van der Waals surface area contributed by atoms with E-state index >= 15 is 0 Å². The molecule has 25 heavy (non-hydrogen) atoms. The molecule has 3 fully saturated rings. The van der Waals surface area contributed by atoms with Gasteiger partial charge < -0.3 is 10.1 Å². The van der Waals surface area contributed by atoms with Crippen molar-refractivity contribution in [3.8, 4) is 0 Å². The van der Waals surface area contributed by atoms with Gasteiger partial charge in [-0.2, -0.15) is 11.8 Å². The van der Waals surface area contributed by atoms with Crippen molar-refractivity contribution >= 4 is 21.6 Å². The first-order valence-electron chi connectivity index (χ1n) is 9.80. The van der Waals surface area contributed by atoms with Gasteiger partial charge in [-0.05, 0) is 63.0 Å². The Morgan fingerprint density at radius 3 is 2.48 bits per heavy atom. The van der Waals surface area contributed by atoms with Gasteiger partial charge >= 0.3 is 0 Å². The molecule has 146 valence electrons. The van der Waals surface area contributed by atoms with E-state index in [0.717, 1.165) is 50.3 Å². The van der Waals surface area contributed by atoms with E-state index < -0.39 is 9.84 Å². The molecule has 0 aromatic heterocycles. The molecule has 3 aliphatic rings. The van der Waals surface area contributed by atoms with Crippen LogP contribution in [0.4, 0.5) is 0 Å². The number of piperidine rings is 1. The summed E-state index contributed by atoms with van der Waals surface area (Å²) in [5.74, 6) is 1.83. The maximum Gasteiger partial charge on any atom is 0.150 e. The third-order valence-electron chi connectivity index (χ3n) is 6.28. The SMILES string of the molecule is COC1CCC(NCC2CCCS2)NC1C1CCC(S(C)(=O)=O)CC1. The van der Waals surface area contributed by atoms with Crippen LogP contribution in [0.1, 0.15) is 51.4 Å². The van der Waals surface area contributed by atoms with E-state index in [9.17, 15) is 8.42 Å². The average Bonchev–Trinajstić information content (AvgIpc) is 3.12. The third-order valence-corrected chi connectivity index (χ3v) is 9.37. The summed E-state index contributed by atoms with van der Waals surface area (Å²) in [6, 6.07) is 0.341. The van der Waals surface area contributed by atoms with Crippen molar-refractivity contribution < 1.29 is 13.2 Å². The fraction of sp³-hybridized carbons (Fsp3) is 1.00. The Morgan fingerprint density at radius 2 is 1.88 bits per heavy atom. The van der Waals surface area contributed by atoms with Gasteiger partial charge in [0, 0.05) is 31.2 Å². The van der Waals surface area contributed by atoms with Gasteiger partial charge in [-0.3, -0.25) is 5.32 Å². The molecule has 3 rings (SSSR count). The van der Waals surface area contributed by atoms with Crippen molar-refractivity contribution in [1.29, 1.82) is 0 Å². The number of ether oxygens (including phenoxy) is 1. The monoisotopic (exact) mass is 390 g/mol. The van der Waals surface area contributed by atoms with Crippen LogP contribution in [-0.2, 0) is 14.6 Å². The highest BCUT2D eigenvalue weighted by Crippen LogP contribution is 2.34. The van der Waals surface area contributed by atoms with Crippen LogP contribution >= 0.6 is 11.8 Å². The van der Waals surface area contributed by atoms with Crippen LogP contribution in [0.5, 0.6) is 0 Å². The molecule has 0 bridgehead atoms. The Labute approximate surface area is 157 Å². The molecule has 2 aliphatic heterocycles. The van der Waals surface area contributed by atoms with E-state index in [2.05, 4.69) is 22.4 Å². The van der Waals surface area contributed by atoms with E-state index in [-0.39, 0.29) is 11.4 Å². The van der Waals surface area contributed by atoms with Crippen LogP contribution in [0.15, 0.2) is 0 Å². The maximum atomic E-state index is 11.8. The highest BCUT2D eigenvalue weighted by atomic mass is 32.2. The van der Waals surface area contributed by atoms with Crippen molar-refractivity contribution in [2.75, 3.05) is 25.7 Å². The molecule has 0 spiro atoms. The van der Waals surface area contributed by atoms with E-state index in [1.165, 1.54) is 24.9 Å². The molecule has 2 N–H and O–H groups in total. The second-order valence-electron chi connectivity index (χ2n) is 8.01. The minimum absolute atomic E-state index is 0.137. The Morgan fingerprint density at radius 1 is 1.12 bits per heavy atom. The zero-order chi connectivity index (χ0) is 17.9. The summed E-state index contributed by atoms with van der Waals surface area (Å²) >= 11 is 2.10. The molecule has 0 amide bonds. The Hall–Kier alpha value is 0.180. The van der Waals surface area contributed by atoms with E-state index in [1.54, 1.807) is 0 Å². The molecule has 4 unspecified atom stereocenters. The number of thioether (sulfide) groups is 1. The number of sulfone groups is 1. The van der Waals surface area contributed by atoms with Gasteiger partial charge in [0.25, 0.3) is 0 Å². The first kappa shape index (κ1) is 19.9. The van der Waals surface area contributed by atoms with Crippen molar-refractivity contribution in [3.63, 3.8) is 0 Å². The number of hydrogen-bond acceptors (Lipinski definition) is 6. The summed E-state index contributed by atoms with van der Waals surface area (Å²) in [5.41, 5.74) is 0. The van der Waals surface area contributed by atoms with Crippen molar-refractivity contribution in [1.82, 2.24) is 10.6 Å². The lowest BCUT2D eigenvalue weighted by Gasteiger charge is -2.43. The summed E-state index contributed by atoms with van der Waals surface area (Å²) < 4.78 is 29.4. The van der Waals surface area contributed by atoms with Crippen LogP contribution in [-0.4, -0.2) is 62.9 Å². The maximum absolute atomic E-state index is 11.8. The molecule has 0 aromatic rings. The van der Waals surface area contributed by atoms with E-state index in [4.69, 9.17) is 4.74 Å². The quantitative estimate of drug-likeness (QED) is 0.724. The van der Waals surface area contributed by atoms with E-state index in [1.807, 2.05) is 7.11 Å². The standard InChI is InChI=1S/C18H34N2O3S2/c1-23-16-9-10-17(19-12-14-4-3-11-24-14)20-18(16)13-5-7-15(8-6-13)25(2,21)22/h13-20H,3-12H2,1-2H3. The first-order chi connectivity index (χ1) is 12.0. The lowest BCUT2D eigenvalue weighted by Crippen LogP contribution is -2.60. The van der Waals surface area contributed by atoms with Crippen LogP contribution < -0.4 is 10.6 Å². The molecule has 1 saturated carbocycles. The number of hydrogen-bond donors (Lipinski definition) is 2. The predicted molar refractivity (Wildman–Crippen MR) is 105 cm³/mol. The number of rotatable bonds is 6. The molecule has 2 saturated heterocycles. The molecule has 5 nitrogen and oxygen atoms in total. The van der Waals surface area contributed by atoms with Gasteiger partial charge in [0.05, 0.1) is 17.5 Å². The fourth-order valence-corrected chi connectivity index (χ4v) is 7.10. The lowest BCUT2D eigenvalue weighted by molar-refractivity contribution is 0.00247.